The van der Waals surface area contributed by atoms with Gasteiger partial charge in [-0.2, -0.15) is 0 Å². The van der Waals surface area contributed by atoms with Gasteiger partial charge < -0.3 is 27.0 Å². The molecule has 0 saturated heterocycles. The third-order valence-corrected chi connectivity index (χ3v) is 1.96. The van der Waals surface area contributed by atoms with Crippen LogP contribution in [0.1, 0.15) is 0 Å². The molecule has 1 aromatic carbocycles. The van der Waals surface area contributed by atoms with E-state index in [1.165, 1.54) is 18.2 Å². The number of phenolic OH excluding ortho intramolecular Hbond substituents is 1. The third kappa shape index (κ3) is 3.49. The standard InChI is InChI=1S/C12H15N3O2/c1-7(16)5-11(8(2)13)15-12-6-9(17)3-4-10(12)14/h3-6,15-17H,1-2,13-14H2/b11-5+. The molecule has 0 atom stereocenters. The quantitative estimate of drug-likeness (QED) is 0.236. The molecule has 1 rings (SSSR count). The minimum absolute atomic E-state index is 0.0616. The molecule has 0 aliphatic heterocycles. The molecule has 7 N–H and O–H groups in total. The van der Waals surface area contributed by atoms with Crippen LogP contribution in [0.5, 0.6) is 5.75 Å². The molecule has 0 fully saturated rings. The topological polar surface area (TPSA) is 105 Å². The van der Waals surface area contributed by atoms with Gasteiger partial charge in [-0.1, -0.05) is 13.2 Å². The van der Waals surface area contributed by atoms with Gasteiger partial charge in [0.2, 0.25) is 0 Å². The number of phenols is 1. The van der Waals surface area contributed by atoms with E-state index in [-0.39, 0.29) is 17.2 Å². The number of nitrogen functional groups attached to an aromatic ring is 1. The summed E-state index contributed by atoms with van der Waals surface area (Å²) in [5.41, 5.74) is 12.7. The molecule has 1 aromatic rings. The van der Waals surface area contributed by atoms with Crippen molar-refractivity contribution in [3.8, 4) is 5.75 Å². The molecule has 90 valence electrons. The predicted octanol–water partition coefficient (Wildman–Crippen LogP) is 1.81. The molecule has 17 heavy (non-hydrogen) atoms. The van der Waals surface area contributed by atoms with Crippen LogP contribution in [0, 0.1) is 0 Å². The van der Waals surface area contributed by atoms with Gasteiger partial charge in [0.1, 0.15) is 11.5 Å². The second-order valence-corrected chi connectivity index (χ2v) is 3.47. The smallest absolute Gasteiger partial charge is 0.117 e. The van der Waals surface area contributed by atoms with Gasteiger partial charge in [0, 0.05) is 17.8 Å². The summed E-state index contributed by atoms with van der Waals surface area (Å²) in [6.45, 7) is 6.87. The SMILES string of the molecule is C=C(O)/C=C(/Nc1cc(O)ccc1N)C(=C)N. The van der Waals surface area contributed by atoms with E-state index in [0.29, 0.717) is 17.1 Å². The summed E-state index contributed by atoms with van der Waals surface area (Å²) < 4.78 is 0. The van der Waals surface area contributed by atoms with Crippen molar-refractivity contribution in [2.24, 2.45) is 5.73 Å². The highest BCUT2D eigenvalue weighted by molar-refractivity contribution is 5.71. The number of nitrogens with two attached hydrogens (primary N) is 2. The number of hydrogen-bond donors (Lipinski definition) is 5. The van der Waals surface area contributed by atoms with Crippen molar-refractivity contribution in [3.63, 3.8) is 0 Å². The van der Waals surface area contributed by atoms with Crippen molar-refractivity contribution >= 4 is 11.4 Å². The lowest BCUT2D eigenvalue weighted by Crippen LogP contribution is -2.10. The molecule has 0 heterocycles. The third-order valence-electron chi connectivity index (χ3n) is 1.96. The molecular weight excluding hydrogens is 218 g/mol. The Bertz CT molecular complexity index is 493. The Morgan fingerprint density at radius 2 is 2.00 bits per heavy atom. The molecule has 5 nitrogen and oxygen atoms in total. The molecule has 0 radical (unpaired) electrons. The maximum absolute atomic E-state index is 9.34. The van der Waals surface area contributed by atoms with E-state index in [1.807, 2.05) is 0 Å². The van der Waals surface area contributed by atoms with Crippen molar-refractivity contribution < 1.29 is 10.2 Å². The molecule has 0 aromatic heterocycles. The monoisotopic (exact) mass is 233 g/mol. The fourth-order valence-corrected chi connectivity index (χ4v) is 1.17. The summed E-state index contributed by atoms with van der Waals surface area (Å²) in [6.07, 6.45) is 1.31. The molecule has 0 bridgehead atoms. The zero-order valence-corrected chi connectivity index (χ0v) is 9.27. The van der Waals surface area contributed by atoms with E-state index in [0.717, 1.165) is 0 Å². The van der Waals surface area contributed by atoms with Crippen LogP contribution in [-0.2, 0) is 0 Å². The Morgan fingerprint density at radius 3 is 2.53 bits per heavy atom. The molecular formula is C12H15N3O2. The largest absolute Gasteiger partial charge is 0.509 e. The number of allylic oxidation sites excluding steroid dienone is 1. The Balaban J connectivity index is 3.06. The van der Waals surface area contributed by atoms with E-state index in [4.69, 9.17) is 16.6 Å². The van der Waals surface area contributed by atoms with Gasteiger partial charge in [-0.3, -0.25) is 0 Å². The van der Waals surface area contributed by atoms with E-state index >= 15 is 0 Å². The van der Waals surface area contributed by atoms with E-state index in [2.05, 4.69) is 18.5 Å². The maximum atomic E-state index is 9.34. The van der Waals surface area contributed by atoms with Gasteiger partial charge in [-0.25, -0.2) is 0 Å². The fraction of sp³-hybridized carbons (Fsp3) is 0. The van der Waals surface area contributed by atoms with Crippen LogP contribution in [0.15, 0.2) is 54.6 Å². The van der Waals surface area contributed by atoms with Gasteiger partial charge in [0.25, 0.3) is 0 Å². The Morgan fingerprint density at radius 1 is 1.35 bits per heavy atom. The highest BCUT2D eigenvalue weighted by Gasteiger charge is 2.05. The Hall–Kier alpha value is -2.56. The zero-order valence-electron chi connectivity index (χ0n) is 9.27. The first-order chi connectivity index (χ1) is 7.90. The predicted molar refractivity (Wildman–Crippen MR) is 69.3 cm³/mol. The Labute approximate surface area is 99.4 Å². The summed E-state index contributed by atoms with van der Waals surface area (Å²) in [7, 11) is 0. The van der Waals surface area contributed by atoms with Gasteiger partial charge >= 0.3 is 0 Å². The number of rotatable bonds is 4. The lowest BCUT2D eigenvalue weighted by atomic mass is 10.2. The number of aliphatic hydroxyl groups excluding tert-OH is 1. The molecule has 0 spiro atoms. The van der Waals surface area contributed by atoms with Crippen molar-refractivity contribution in [2.75, 3.05) is 11.1 Å². The minimum Gasteiger partial charge on any atom is -0.509 e. The maximum Gasteiger partial charge on any atom is 0.117 e. The number of anilines is 2. The Kier molecular flexibility index (Phi) is 3.66. The lowest BCUT2D eigenvalue weighted by molar-refractivity contribution is 0.434. The van der Waals surface area contributed by atoms with Crippen LogP contribution in [0.25, 0.3) is 0 Å². The summed E-state index contributed by atoms with van der Waals surface area (Å²) in [4.78, 5) is 0. The number of aliphatic hydroxyl groups is 1. The van der Waals surface area contributed by atoms with Gasteiger partial charge in [0.05, 0.1) is 17.1 Å². The molecule has 0 aliphatic rings. The second-order valence-electron chi connectivity index (χ2n) is 3.47. The van der Waals surface area contributed by atoms with Crippen LogP contribution < -0.4 is 16.8 Å². The van der Waals surface area contributed by atoms with Crippen LogP contribution in [-0.4, -0.2) is 10.2 Å². The van der Waals surface area contributed by atoms with Gasteiger partial charge in [0.15, 0.2) is 0 Å². The van der Waals surface area contributed by atoms with Crippen molar-refractivity contribution in [1.29, 1.82) is 0 Å². The highest BCUT2D eigenvalue weighted by Crippen LogP contribution is 2.25. The second kappa shape index (κ2) is 4.98. The van der Waals surface area contributed by atoms with E-state index < -0.39 is 0 Å². The van der Waals surface area contributed by atoms with Gasteiger partial charge in [-0.05, 0) is 12.1 Å². The fourth-order valence-electron chi connectivity index (χ4n) is 1.17. The summed E-state index contributed by atoms with van der Waals surface area (Å²) in [6, 6.07) is 4.45. The van der Waals surface area contributed by atoms with Crippen LogP contribution >= 0.6 is 0 Å². The first-order valence-electron chi connectivity index (χ1n) is 4.80. The normalized spacial score (nSPS) is 10.9. The van der Waals surface area contributed by atoms with Crippen molar-refractivity contribution in [2.45, 2.75) is 0 Å². The van der Waals surface area contributed by atoms with E-state index in [1.54, 1.807) is 6.07 Å². The van der Waals surface area contributed by atoms with Crippen LogP contribution in [0.3, 0.4) is 0 Å². The molecule has 0 unspecified atom stereocenters. The summed E-state index contributed by atoms with van der Waals surface area (Å²) in [5, 5.41) is 21.3. The first-order valence-corrected chi connectivity index (χ1v) is 4.80. The molecule has 0 amide bonds. The molecule has 0 saturated carbocycles. The van der Waals surface area contributed by atoms with Gasteiger partial charge in [-0.15, -0.1) is 0 Å². The van der Waals surface area contributed by atoms with Crippen LogP contribution in [0.4, 0.5) is 11.4 Å². The number of benzene rings is 1. The first kappa shape index (κ1) is 12.5. The average Bonchev–Trinajstić information content (AvgIpc) is 2.21. The summed E-state index contributed by atoms with van der Waals surface area (Å²) >= 11 is 0. The van der Waals surface area contributed by atoms with Crippen molar-refractivity contribution in [3.05, 3.63) is 54.6 Å². The lowest BCUT2D eigenvalue weighted by Gasteiger charge is -2.13. The average molecular weight is 233 g/mol. The van der Waals surface area contributed by atoms with E-state index in [9.17, 15) is 5.11 Å². The minimum atomic E-state index is -0.169. The number of aromatic hydroxyl groups is 1. The summed E-state index contributed by atoms with van der Waals surface area (Å²) in [5.74, 6) is -0.107. The molecule has 0 aliphatic carbocycles. The van der Waals surface area contributed by atoms with Crippen LogP contribution in [0.2, 0.25) is 0 Å². The highest BCUT2D eigenvalue weighted by atomic mass is 16.3. The molecule has 5 heteroatoms. The zero-order chi connectivity index (χ0) is 13.0. The van der Waals surface area contributed by atoms with Crippen molar-refractivity contribution in [1.82, 2.24) is 0 Å². The number of hydrogen-bond acceptors (Lipinski definition) is 5. The number of nitrogens with one attached hydrogen (secondary N) is 1.